The van der Waals surface area contributed by atoms with Crippen LogP contribution in [0.3, 0.4) is 0 Å². The minimum Gasteiger partial charge on any atom is -0.490 e. The lowest BCUT2D eigenvalue weighted by molar-refractivity contribution is -0.137. The Morgan fingerprint density at radius 3 is 2.53 bits per heavy atom. The number of rotatable bonds is 5. The van der Waals surface area contributed by atoms with Crippen LogP contribution >= 0.6 is 0 Å². The summed E-state index contributed by atoms with van der Waals surface area (Å²) in [5.41, 5.74) is -0.0413. The number of alkyl halides is 3. The van der Waals surface area contributed by atoms with Crippen LogP contribution in [0.4, 0.5) is 22.0 Å². The molecular formula is C24H22F5NO2. The fraction of sp³-hybridized carbons (Fsp3) is 0.375. The SMILES string of the molecule is C=CCO/N=C1\CC[C@@]2(Cc3ccc(C(F)(F)F)cc3)c3c(F)ccc(F)c3OC[C@H]2C1. The Morgan fingerprint density at radius 1 is 1.12 bits per heavy atom. The molecule has 1 saturated carbocycles. The molecule has 32 heavy (non-hydrogen) atoms. The van der Waals surface area contributed by atoms with Crippen molar-refractivity contribution in [3.8, 4) is 5.75 Å². The average Bonchev–Trinajstić information content (AvgIpc) is 2.76. The van der Waals surface area contributed by atoms with E-state index in [4.69, 9.17) is 9.57 Å². The number of hydrogen-bond acceptors (Lipinski definition) is 3. The van der Waals surface area contributed by atoms with Gasteiger partial charge in [0, 0.05) is 16.9 Å². The number of benzene rings is 2. The molecule has 0 N–H and O–H groups in total. The lowest BCUT2D eigenvalue weighted by Gasteiger charge is -2.48. The maximum atomic E-state index is 15.1. The van der Waals surface area contributed by atoms with Crippen molar-refractivity contribution >= 4 is 5.71 Å². The Hall–Kier alpha value is -2.90. The van der Waals surface area contributed by atoms with Crippen LogP contribution in [0.2, 0.25) is 0 Å². The minimum absolute atomic E-state index is 0.114. The number of hydrogen-bond donors (Lipinski definition) is 0. The molecule has 0 saturated heterocycles. The largest absolute Gasteiger partial charge is 0.490 e. The van der Waals surface area contributed by atoms with E-state index in [2.05, 4.69) is 11.7 Å². The van der Waals surface area contributed by atoms with E-state index in [1.165, 1.54) is 12.1 Å². The van der Waals surface area contributed by atoms with Crippen molar-refractivity contribution < 1.29 is 31.5 Å². The van der Waals surface area contributed by atoms with Gasteiger partial charge in [-0.3, -0.25) is 0 Å². The fourth-order valence-electron chi connectivity index (χ4n) is 4.78. The first-order valence-electron chi connectivity index (χ1n) is 10.3. The van der Waals surface area contributed by atoms with Crippen molar-refractivity contribution in [2.45, 2.75) is 37.3 Å². The van der Waals surface area contributed by atoms with Gasteiger partial charge in [0.2, 0.25) is 0 Å². The van der Waals surface area contributed by atoms with Gasteiger partial charge in [0.25, 0.3) is 0 Å². The zero-order valence-corrected chi connectivity index (χ0v) is 17.2. The van der Waals surface area contributed by atoms with E-state index in [0.717, 1.165) is 30.0 Å². The van der Waals surface area contributed by atoms with E-state index in [9.17, 15) is 17.6 Å². The molecule has 3 nitrogen and oxygen atoms in total. The summed E-state index contributed by atoms with van der Waals surface area (Å²) in [7, 11) is 0. The summed E-state index contributed by atoms with van der Waals surface area (Å²) in [4.78, 5) is 5.20. The topological polar surface area (TPSA) is 30.8 Å². The molecule has 0 spiro atoms. The van der Waals surface area contributed by atoms with Gasteiger partial charge in [-0.15, -0.1) is 0 Å². The first-order valence-corrected chi connectivity index (χ1v) is 10.3. The lowest BCUT2D eigenvalue weighted by Crippen LogP contribution is -2.49. The van der Waals surface area contributed by atoms with Crippen molar-refractivity contribution in [1.29, 1.82) is 0 Å². The van der Waals surface area contributed by atoms with Gasteiger partial charge in [0.15, 0.2) is 11.6 Å². The van der Waals surface area contributed by atoms with Gasteiger partial charge < -0.3 is 9.57 Å². The van der Waals surface area contributed by atoms with Crippen LogP contribution in [0, 0.1) is 17.6 Å². The molecular weight excluding hydrogens is 429 g/mol. The zero-order valence-electron chi connectivity index (χ0n) is 17.2. The molecule has 0 aromatic heterocycles. The van der Waals surface area contributed by atoms with Crippen LogP contribution in [0.1, 0.15) is 36.0 Å². The van der Waals surface area contributed by atoms with Crippen molar-refractivity contribution in [3.63, 3.8) is 0 Å². The number of ether oxygens (including phenoxy) is 1. The van der Waals surface area contributed by atoms with Crippen LogP contribution in [0.25, 0.3) is 0 Å². The van der Waals surface area contributed by atoms with Gasteiger partial charge in [-0.05, 0) is 55.5 Å². The quantitative estimate of drug-likeness (QED) is 0.234. The molecule has 2 aromatic rings. The summed E-state index contributed by atoms with van der Waals surface area (Å²) in [6.07, 6.45) is -1.24. The standard InChI is InChI=1S/C24H22F5NO2/c1-2-11-32-30-18-9-10-23(13-15-3-5-16(6-4-15)24(27,28)29)17(12-18)14-31-22-20(26)8-7-19(25)21(22)23/h2-8,17H,1,9-14H2/b30-18+/t17-,23+/m1/s1. The van der Waals surface area contributed by atoms with Gasteiger partial charge in [0.1, 0.15) is 12.4 Å². The molecule has 1 aliphatic heterocycles. The van der Waals surface area contributed by atoms with Crippen LogP contribution in [-0.2, 0) is 22.8 Å². The summed E-state index contributed by atoms with van der Waals surface area (Å²) < 4.78 is 74.1. The Labute approximate surface area is 182 Å². The summed E-state index contributed by atoms with van der Waals surface area (Å²) in [5, 5.41) is 4.13. The van der Waals surface area contributed by atoms with E-state index in [0.29, 0.717) is 24.8 Å². The highest BCUT2D eigenvalue weighted by atomic mass is 19.4. The Morgan fingerprint density at radius 2 is 1.84 bits per heavy atom. The monoisotopic (exact) mass is 451 g/mol. The highest BCUT2D eigenvalue weighted by Gasteiger charge is 2.50. The molecule has 0 amide bonds. The van der Waals surface area contributed by atoms with Crippen LogP contribution in [-0.4, -0.2) is 18.9 Å². The molecule has 4 rings (SSSR count). The van der Waals surface area contributed by atoms with Crippen LogP contribution in [0.15, 0.2) is 54.2 Å². The summed E-state index contributed by atoms with van der Waals surface area (Å²) in [6.45, 7) is 3.97. The van der Waals surface area contributed by atoms with Crippen molar-refractivity contribution in [1.82, 2.24) is 0 Å². The van der Waals surface area contributed by atoms with Gasteiger partial charge in [0.05, 0.1) is 17.9 Å². The van der Waals surface area contributed by atoms with Crippen LogP contribution < -0.4 is 4.74 Å². The average molecular weight is 451 g/mol. The van der Waals surface area contributed by atoms with Gasteiger partial charge in [-0.25, -0.2) is 8.78 Å². The third-order valence-corrected chi connectivity index (χ3v) is 6.30. The summed E-state index contributed by atoms with van der Waals surface area (Å²) in [5.74, 6) is -1.59. The van der Waals surface area contributed by atoms with E-state index < -0.39 is 28.8 Å². The smallest absolute Gasteiger partial charge is 0.416 e. The molecule has 2 aliphatic rings. The van der Waals surface area contributed by atoms with E-state index in [-0.39, 0.29) is 36.9 Å². The number of nitrogens with zero attached hydrogens (tertiary/aromatic N) is 1. The summed E-state index contributed by atoms with van der Waals surface area (Å²) >= 11 is 0. The van der Waals surface area contributed by atoms with Crippen molar-refractivity contribution in [2.75, 3.05) is 13.2 Å². The second kappa shape index (κ2) is 8.56. The van der Waals surface area contributed by atoms with Gasteiger partial charge in [-0.1, -0.05) is 29.9 Å². The molecule has 0 bridgehead atoms. The molecule has 1 heterocycles. The molecule has 170 valence electrons. The molecule has 2 aromatic carbocycles. The molecule has 1 aliphatic carbocycles. The van der Waals surface area contributed by atoms with Gasteiger partial charge in [-0.2, -0.15) is 13.2 Å². The Bertz CT molecular complexity index is 1030. The van der Waals surface area contributed by atoms with Crippen LogP contribution in [0.5, 0.6) is 5.75 Å². The highest BCUT2D eigenvalue weighted by Crippen LogP contribution is 2.53. The first kappa shape index (κ1) is 22.3. The van der Waals surface area contributed by atoms with E-state index in [1.54, 1.807) is 6.08 Å². The molecule has 8 heteroatoms. The zero-order chi connectivity index (χ0) is 22.9. The minimum atomic E-state index is -4.44. The van der Waals surface area contributed by atoms with Gasteiger partial charge >= 0.3 is 6.18 Å². The first-order chi connectivity index (χ1) is 15.2. The molecule has 0 radical (unpaired) electrons. The predicted molar refractivity (Wildman–Crippen MR) is 110 cm³/mol. The molecule has 0 unspecified atom stereocenters. The normalized spacial score (nSPS) is 23.8. The third-order valence-electron chi connectivity index (χ3n) is 6.30. The third kappa shape index (κ3) is 4.10. The van der Waals surface area contributed by atoms with Crippen molar-refractivity contribution in [2.24, 2.45) is 11.1 Å². The maximum Gasteiger partial charge on any atom is 0.416 e. The number of fused-ring (bicyclic) bond motifs is 3. The second-order valence-electron chi connectivity index (χ2n) is 8.21. The second-order valence-corrected chi connectivity index (χ2v) is 8.21. The lowest BCUT2D eigenvalue weighted by atomic mass is 9.58. The van der Waals surface area contributed by atoms with Crippen molar-refractivity contribution in [3.05, 3.63) is 77.4 Å². The Kier molecular flexibility index (Phi) is 5.97. The Balaban J connectivity index is 1.73. The fourth-order valence-corrected chi connectivity index (χ4v) is 4.78. The highest BCUT2D eigenvalue weighted by molar-refractivity contribution is 5.85. The number of oxime groups is 1. The maximum absolute atomic E-state index is 15.1. The molecule has 1 fully saturated rings. The van der Waals surface area contributed by atoms with E-state index in [1.807, 2.05) is 0 Å². The van der Waals surface area contributed by atoms with E-state index >= 15 is 4.39 Å². The predicted octanol–water partition coefficient (Wildman–Crippen LogP) is 6.22. The summed E-state index contributed by atoms with van der Waals surface area (Å²) in [6, 6.07) is 6.93. The number of halogens is 5. The molecule has 2 atom stereocenters.